The number of hydrogen-bond acceptors (Lipinski definition) is 3. The number of phenols is 1. The summed E-state index contributed by atoms with van der Waals surface area (Å²) in [6, 6.07) is 7.41. The van der Waals surface area contributed by atoms with E-state index in [0.29, 0.717) is 5.52 Å². The van der Waals surface area contributed by atoms with Gasteiger partial charge in [0.15, 0.2) is 0 Å². The van der Waals surface area contributed by atoms with E-state index in [1.807, 2.05) is 42.9 Å². The fourth-order valence-electron chi connectivity index (χ4n) is 2.17. The lowest BCUT2D eigenvalue weighted by Gasteiger charge is -2.08. The molecule has 0 aliphatic rings. The van der Waals surface area contributed by atoms with Crippen LogP contribution < -0.4 is 0 Å². The highest BCUT2D eigenvalue weighted by atomic mass is 16.3. The van der Waals surface area contributed by atoms with E-state index < -0.39 is 0 Å². The van der Waals surface area contributed by atoms with Crippen LogP contribution in [0.5, 0.6) is 5.75 Å². The molecule has 0 aliphatic carbocycles. The molecule has 3 rings (SSSR count). The number of hydrogen-bond donors (Lipinski definition) is 1. The number of rotatable bonds is 1. The van der Waals surface area contributed by atoms with Gasteiger partial charge in [-0.2, -0.15) is 0 Å². The van der Waals surface area contributed by atoms with Gasteiger partial charge in [-0.1, -0.05) is 12.1 Å². The molecule has 0 fully saturated rings. The van der Waals surface area contributed by atoms with Crippen molar-refractivity contribution in [3.63, 3.8) is 0 Å². The van der Waals surface area contributed by atoms with Crippen LogP contribution in [0.2, 0.25) is 0 Å². The highest BCUT2D eigenvalue weighted by Crippen LogP contribution is 2.31. The van der Waals surface area contributed by atoms with Crippen LogP contribution in [0.4, 0.5) is 0 Å². The van der Waals surface area contributed by atoms with Crippen LogP contribution >= 0.6 is 0 Å². The lowest BCUT2D eigenvalue weighted by molar-refractivity contribution is 0.480. The van der Waals surface area contributed by atoms with Gasteiger partial charge in [0.25, 0.3) is 0 Å². The Bertz CT molecular complexity index is 731. The molecule has 0 spiro atoms. The maximum Gasteiger partial charge on any atom is 0.141 e. The van der Waals surface area contributed by atoms with E-state index in [1.54, 1.807) is 12.3 Å². The van der Waals surface area contributed by atoms with E-state index in [9.17, 15) is 5.11 Å². The van der Waals surface area contributed by atoms with E-state index in [-0.39, 0.29) is 5.75 Å². The zero-order valence-electron chi connectivity index (χ0n) is 10.3. The minimum atomic E-state index is 0.201. The molecule has 90 valence electrons. The van der Waals surface area contributed by atoms with E-state index in [0.717, 1.165) is 22.5 Å². The average Bonchev–Trinajstić information content (AvgIpc) is 2.76. The summed E-state index contributed by atoms with van der Waals surface area (Å²) in [4.78, 5) is 8.75. The summed E-state index contributed by atoms with van der Waals surface area (Å²) in [7, 11) is 1.95. The molecular formula is C14H13N3O. The van der Waals surface area contributed by atoms with Crippen LogP contribution in [0.1, 0.15) is 5.69 Å². The molecule has 0 unspecified atom stereocenters. The molecule has 3 aromatic rings. The molecular weight excluding hydrogens is 226 g/mol. The SMILES string of the molecule is Cc1cc(-c2nccn2C)c2cccc(O)c2n1. The molecule has 0 atom stereocenters. The minimum absolute atomic E-state index is 0.201. The zero-order chi connectivity index (χ0) is 12.7. The molecule has 1 N–H and O–H groups in total. The van der Waals surface area contributed by atoms with E-state index in [1.165, 1.54) is 0 Å². The largest absolute Gasteiger partial charge is 0.506 e. The molecule has 0 amide bonds. The third-order valence-electron chi connectivity index (χ3n) is 3.01. The summed E-state index contributed by atoms with van der Waals surface area (Å²) in [5.41, 5.74) is 2.47. The van der Waals surface area contributed by atoms with E-state index >= 15 is 0 Å². The van der Waals surface area contributed by atoms with Gasteiger partial charge in [-0.25, -0.2) is 9.97 Å². The molecule has 2 heterocycles. The predicted octanol–water partition coefficient (Wildman–Crippen LogP) is 2.65. The zero-order valence-corrected chi connectivity index (χ0v) is 10.3. The van der Waals surface area contributed by atoms with E-state index in [4.69, 9.17) is 0 Å². The quantitative estimate of drug-likeness (QED) is 0.710. The van der Waals surface area contributed by atoms with Gasteiger partial charge in [0.2, 0.25) is 0 Å². The van der Waals surface area contributed by atoms with Crippen molar-refractivity contribution in [2.45, 2.75) is 6.92 Å². The lowest BCUT2D eigenvalue weighted by atomic mass is 10.1. The van der Waals surface area contributed by atoms with E-state index in [2.05, 4.69) is 9.97 Å². The topological polar surface area (TPSA) is 50.9 Å². The standard InChI is InChI=1S/C14H13N3O/c1-9-8-11(14-15-6-7-17(14)2)10-4-3-5-12(18)13(10)16-9/h3-8,18H,1-2H3. The number of phenolic OH excluding ortho intramolecular Hbond substituents is 1. The summed E-state index contributed by atoms with van der Waals surface area (Å²) in [5.74, 6) is 1.07. The monoisotopic (exact) mass is 239 g/mol. The van der Waals surface area contributed by atoms with Crippen LogP contribution in [0.15, 0.2) is 36.7 Å². The molecule has 4 heteroatoms. The number of aryl methyl sites for hydroxylation is 2. The smallest absolute Gasteiger partial charge is 0.141 e. The van der Waals surface area contributed by atoms with Crippen LogP contribution in [-0.2, 0) is 7.05 Å². The maximum atomic E-state index is 9.90. The fourth-order valence-corrected chi connectivity index (χ4v) is 2.17. The number of nitrogens with zero attached hydrogens (tertiary/aromatic N) is 3. The molecule has 0 saturated heterocycles. The van der Waals surface area contributed by atoms with Gasteiger partial charge in [-0.3, -0.25) is 0 Å². The number of aromatic nitrogens is 3. The predicted molar refractivity (Wildman–Crippen MR) is 70.3 cm³/mol. The van der Waals surface area contributed by atoms with Gasteiger partial charge in [0.05, 0.1) is 0 Å². The summed E-state index contributed by atoms with van der Waals surface area (Å²) < 4.78 is 1.96. The number of aromatic hydroxyl groups is 1. The minimum Gasteiger partial charge on any atom is -0.506 e. The Morgan fingerprint density at radius 3 is 2.83 bits per heavy atom. The van der Waals surface area contributed by atoms with Crippen molar-refractivity contribution in [2.75, 3.05) is 0 Å². The Balaban J connectivity index is 2.43. The molecule has 0 radical (unpaired) electrons. The van der Waals surface area contributed by atoms with Crippen molar-refractivity contribution in [1.29, 1.82) is 0 Å². The molecule has 4 nitrogen and oxygen atoms in total. The Morgan fingerprint density at radius 1 is 1.28 bits per heavy atom. The first-order valence-corrected chi connectivity index (χ1v) is 5.74. The number of fused-ring (bicyclic) bond motifs is 1. The van der Waals surface area contributed by atoms with Crippen molar-refractivity contribution < 1.29 is 5.11 Å². The normalized spacial score (nSPS) is 11.0. The Kier molecular flexibility index (Phi) is 2.30. The second-order valence-electron chi connectivity index (χ2n) is 4.35. The molecule has 0 aliphatic heterocycles. The van der Waals surface area contributed by atoms with Crippen molar-refractivity contribution in [1.82, 2.24) is 14.5 Å². The average molecular weight is 239 g/mol. The van der Waals surface area contributed by atoms with Crippen molar-refractivity contribution in [3.05, 3.63) is 42.4 Å². The first-order chi connectivity index (χ1) is 8.66. The Morgan fingerprint density at radius 2 is 2.11 bits per heavy atom. The van der Waals surface area contributed by atoms with Gasteiger partial charge in [-0.15, -0.1) is 0 Å². The molecule has 1 aromatic carbocycles. The fraction of sp³-hybridized carbons (Fsp3) is 0.143. The van der Waals surface area contributed by atoms with Crippen LogP contribution in [0.25, 0.3) is 22.3 Å². The van der Waals surface area contributed by atoms with Crippen LogP contribution in [0, 0.1) is 6.92 Å². The first-order valence-electron chi connectivity index (χ1n) is 5.74. The highest BCUT2D eigenvalue weighted by Gasteiger charge is 2.11. The van der Waals surface area contributed by atoms with Crippen molar-refractivity contribution in [2.24, 2.45) is 7.05 Å². The third kappa shape index (κ3) is 1.54. The van der Waals surface area contributed by atoms with Gasteiger partial charge in [0.1, 0.15) is 17.1 Å². The second kappa shape index (κ2) is 3.84. The van der Waals surface area contributed by atoms with Crippen molar-refractivity contribution >= 4 is 10.9 Å². The Labute approximate surface area is 105 Å². The van der Waals surface area contributed by atoms with Gasteiger partial charge < -0.3 is 9.67 Å². The summed E-state index contributed by atoms with van der Waals surface area (Å²) >= 11 is 0. The summed E-state index contributed by atoms with van der Waals surface area (Å²) in [6.45, 7) is 1.92. The number of benzene rings is 1. The molecule has 0 bridgehead atoms. The van der Waals surface area contributed by atoms with Crippen LogP contribution in [-0.4, -0.2) is 19.6 Å². The third-order valence-corrected chi connectivity index (χ3v) is 3.01. The number of imidazole rings is 1. The second-order valence-corrected chi connectivity index (χ2v) is 4.35. The maximum absolute atomic E-state index is 9.90. The van der Waals surface area contributed by atoms with Gasteiger partial charge >= 0.3 is 0 Å². The number of para-hydroxylation sites is 1. The molecule has 0 saturated carbocycles. The van der Waals surface area contributed by atoms with Gasteiger partial charge in [-0.05, 0) is 19.1 Å². The number of pyridine rings is 1. The summed E-state index contributed by atoms with van der Waals surface area (Å²) in [6.07, 6.45) is 3.67. The summed E-state index contributed by atoms with van der Waals surface area (Å²) in [5, 5.41) is 10.8. The van der Waals surface area contributed by atoms with Crippen LogP contribution in [0.3, 0.4) is 0 Å². The first kappa shape index (κ1) is 10.8. The van der Waals surface area contributed by atoms with Crippen molar-refractivity contribution in [3.8, 4) is 17.1 Å². The molecule has 18 heavy (non-hydrogen) atoms. The lowest BCUT2D eigenvalue weighted by Crippen LogP contribution is -1.95. The Hall–Kier alpha value is -2.36. The highest BCUT2D eigenvalue weighted by molar-refractivity contribution is 5.96. The van der Waals surface area contributed by atoms with Gasteiger partial charge in [0, 0.05) is 36.1 Å². The molecule has 2 aromatic heterocycles.